The molecule has 1 amide bonds. The Labute approximate surface area is 128 Å². The number of carbonyl (C=O) groups is 1. The molecule has 4 rings (SSSR count). The van der Waals surface area contributed by atoms with Gasteiger partial charge in [0, 0.05) is 6.54 Å². The van der Waals surface area contributed by atoms with Crippen LogP contribution in [0.15, 0.2) is 30.3 Å². The van der Waals surface area contributed by atoms with Gasteiger partial charge in [-0.05, 0) is 37.9 Å². The minimum atomic E-state index is -2.92. The van der Waals surface area contributed by atoms with Crippen molar-refractivity contribution in [2.45, 2.75) is 36.6 Å². The first kappa shape index (κ1) is 14.1. The van der Waals surface area contributed by atoms with Crippen molar-refractivity contribution in [3.8, 4) is 0 Å². The maximum absolute atomic E-state index is 14.1. The number of likely N-dealkylation sites (tertiary alicyclic amines) is 1. The number of nitrogens with one attached hydrogen (secondary N) is 1. The zero-order chi connectivity index (χ0) is 15.4. The van der Waals surface area contributed by atoms with Crippen LogP contribution in [0.5, 0.6) is 0 Å². The first-order valence-electron chi connectivity index (χ1n) is 7.99. The zero-order valence-corrected chi connectivity index (χ0v) is 12.4. The van der Waals surface area contributed by atoms with Crippen molar-refractivity contribution < 1.29 is 13.6 Å². The average molecular weight is 306 g/mol. The molecule has 1 aromatic rings. The van der Waals surface area contributed by atoms with Gasteiger partial charge in [-0.3, -0.25) is 4.79 Å². The third-order valence-corrected chi connectivity index (χ3v) is 5.21. The number of nitrogens with zero attached hydrogens (tertiary/aromatic N) is 1. The topological polar surface area (TPSA) is 32.3 Å². The first-order valence-corrected chi connectivity index (χ1v) is 7.99. The summed E-state index contributed by atoms with van der Waals surface area (Å²) in [5, 5.41) is 2.92. The highest BCUT2D eigenvalue weighted by atomic mass is 19.3. The average Bonchev–Trinajstić information content (AvgIpc) is 3.32. The van der Waals surface area contributed by atoms with E-state index in [1.54, 1.807) is 30.3 Å². The lowest BCUT2D eigenvalue weighted by Gasteiger charge is -2.34. The molecule has 3 nitrogen and oxygen atoms in total. The quantitative estimate of drug-likeness (QED) is 0.906. The Bertz CT molecular complexity index is 582. The lowest BCUT2D eigenvalue weighted by atomic mass is 10.1. The van der Waals surface area contributed by atoms with E-state index in [1.165, 1.54) is 6.42 Å². The second-order valence-corrected chi connectivity index (χ2v) is 6.94. The number of rotatable bonds is 5. The molecule has 0 aromatic heterocycles. The molecular weight excluding hydrogens is 286 g/mol. The van der Waals surface area contributed by atoms with E-state index >= 15 is 0 Å². The lowest BCUT2D eigenvalue weighted by molar-refractivity contribution is -0.125. The third kappa shape index (κ3) is 2.32. The maximum Gasteiger partial charge on any atom is 0.268 e. The van der Waals surface area contributed by atoms with Gasteiger partial charge >= 0.3 is 0 Å². The Morgan fingerprint density at radius 3 is 2.45 bits per heavy atom. The van der Waals surface area contributed by atoms with E-state index in [4.69, 9.17) is 0 Å². The summed E-state index contributed by atoms with van der Waals surface area (Å²) in [6.45, 7) is 2.93. The standard InChI is InChI=1S/C17H20F2N2O/c18-17(19)13(12-5-2-1-3-6-12)14(17)15(22)20-16(7-8-16)11-21-9-4-10-21/h1-3,5-6,13-14H,4,7-11H2,(H,20,22)/t13-,14+/m0/s1. The second kappa shape index (κ2) is 4.75. The van der Waals surface area contributed by atoms with Crippen LogP contribution in [-0.4, -0.2) is 41.9 Å². The zero-order valence-electron chi connectivity index (χ0n) is 12.4. The van der Waals surface area contributed by atoms with Gasteiger partial charge in [0.2, 0.25) is 5.91 Å². The van der Waals surface area contributed by atoms with Crippen molar-refractivity contribution in [1.29, 1.82) is 0 Å². The molecular formula is C17H20F2N2O. The summed E-state index contributed by atoms with van der Waals surface area (Å²) in [6.07, 6.45) is 3.01. The van der Waals surface area contributed by atoms with Crippen LogP contribution in [-0.2, 0) is 4.79 Å². The molecule has 0 bridgehead atoms. The molecule has 5 heteroatoms. The highest BCUT2D eigenvalue weighted by molar-refractivity contribution is 5.86. The predicted octanol–water partition coefficient (Wildman–Crippen LogP) is 2.39. The largest absolute Gasteiger partial charge is 0.349 e. The monoisotopic (exact) mass is 306 g/mol. The van der Waals surface area contributed by atoms with Crippen molar-refractivity contribution in [1.82, 2.24) is 10.2 Å². The van der Waals surface area contributed by atoms with Crippen LogP contribution >= 0.6 is 0 Å². The van der Waals surface area contributed by atoms with E-state index in [-0.39, 0.29) is 5.54 Å². The van der Waals surface area contributed by atoms with E-state index in [1.807, 2.05) is 0 Å². The van der Waals surface area contributed by atoms with Gasteiger partial charge in [0.25, 0.3) is 5.92 Å². The molecule has 1 aromatic carbocycles. The second-order valence-electron chi connectivity index (χ2n) is 6.94. The summed E-state index contributed by atoms with van der Waals surface area (Å²) >= 11 is 0. The molecule has 0 spiro atoms. The molecule has 1 saturated heterocycles. The first-order chi connectivity index (χ1) is 10.5. The fraction of sp³-hybridized carbons (Fsp3) is 0.588. The van der Waals surface area contributed by atoms with E-state index in [9.17, 15) is 13.6 Å². The van der Waals surface area contributed by atoms with E-state index in [0.29, 0.717) is 5.56 Å². The highest BCUT2D eigenvalue weighted by Gasteiger charge is 2.73. The number of halogens is 2. The highest BCUT2D eigenvalue weighted by Crippen LogP contribution is 2.62. The van der Waals surface area contributed by atoms with Crippen molar-refractivity contribution >= 4 is 5.91 Å². The number of carbonyl (C=O) groups excluding carboxylic acids is 1. The fourth-order valence-electron chi connectivity index (χ4n) is 3.51. The summed E-state index contributed by atoms with van der Waals surface area (Å²) in [7, 11) is 0. The van der Waals surface area contributed by atoms with Crippen LogP contribution in [0.25, 0.3) is 0 Å². The fourth-order valence-corrected chi connectivity index (χ4v) is 3.51. The van der Waals surface area contributed by atoms with Gasteiger partial charge in [0.05, 0.1) is 11.5 Å². The molecule has 0 unspecified atom stereocenters. The summed E-state index contributed by atoms with van der Waals surface area (Å²) in [6, 6.07) is 8.64. The van der Waals surface area contributed by atoms with Gasteiger partial charge in [0.1, 0.15) is 5.92 Å². The molecule has 2 atom stereocenters. The predicted molar refractivity (Wildman–Crippen MR) is 78.8 cm³/mol. The van der Waals surface area contributed by atoms with Crippen molar-refractivity contribution in [3.05, 3.63) is 35.9 Å². The molecule has 2 aliphatic carbocycles. The van der Waals surface area contributed by atoms with E-state index < -0.39 is 23.7 Å². The molecule has 1 heterocycles. The Hall–Kier alpha value is -1.49. The van der Waals surface area contributed by atoms with Crippen molar-refractivity contribution in [2.75, 3.05) is 19.6 Å². The Balaban J connectivity index is 1.42. The Morgan fingerprint density at radius 2 is 1.91 bits per heavy atom. The van der Waals surface area contributed by atoms with Crippen LogP contribution in [0.2, 0.25) is 0 Å². The van der Waals surface area contributed by atoms with Crippen molar-refractivity contribution in [2.24, 2.45) is 5.92 Å². The number of hydrogen-bond donors (Lipinski definition) is 1. The van der Waals surface area contributed by atoms with Gasteiger partial charge in [-0.2, -0.15) is 0 Å². The number of amides is 1. The molecule has 1 aliphatic heterocycles. The summed E-state index contributed by atoms with van der Waals surface area (Å²) < 4.78 is 28.1. The molecule has 22 heavy (non-hydrogen) atoms. The van der Waals surface area contributed by atoms with Gasteiger partial charge in [-0.15, -0.1) is 0 Å². The van der Waals surface area contributed by atoms with Crippen LogP contribution in [0.3, 0.4) is 0 Å². The minimum Gasteiger partial charge on any atom is -0.349 e. The Kier molecular flexibility index (Phi) is 3.05. The summed E-state index contributed by atoms with van der Waals surface area (Å²) in [5.74, 6) is -5.56. The Morgan fingerprint density at radius 1 is 1.23 bits per heavy atom. The summed E-state index contributed by atoms with van der Waals surface area (Å²) in [4.78, 5) is 14.6. The smallest absolute Gasteiger partial charge is 0.268 e. The molecule has 3 fully saturated rings. The van der Waals surface area contributed by atoms with Crippen LogP contribution < -0.4 is 5.32 Å². The lowest BCUT2D eigenvalue weighted by Crippen LogP contribution is -2.50. The number of alkyl halides is 2. The molecule has 2 saturated carbocycles. The molecule has 3 aliphatic rings. The maximum atomic E-state index is 14.1. The normalized spacial score (nSPS) is 31.2. The van der Waals surface area contributed by atoms with E-state index in [2.05, 4.69) is 10.2 Å². The molecule has 0 radical (unpaired) electrons. The van der Waals surface area contributed by atoms with Gasteiger partial charge < -0.3 is 10.2 Å². The van der Waals surface area contributed by atoms with Crippen LogP contribution in [0, 0.1) is 5.92 Å². The minimum absolute atomic E-state index is 0.239. The van der Waals surface area contributed by atoms with Gasteiger partial charge in [-0.1, -0.05) is 30.3 Å². The van der Waals surface area contributed by atoms with Gasteiger partial charge in [-0.25, -0.2) is 8.78 Å². The van der Waals surface area contributed by atoms with Crippen LogP contribution in [0.4, 0.5) is 8.78 Å². The number of hydrogen-bond acceptors (Lipinski definition) is 2. The van der Waals surface area contributed by atoms with Gasteiger partial charge in [0.15, 0.2) is 0 Å². The summed E-state index contributed by atoms with van der Waals surface area (Å²) in [5.41, 5.74) is 0.317. The van der Waals surface area contributed by atoms with E-state index in [0.717, 1.165) is 32.5 Å². The SMILES string of the molecule is O=C(NC1(CN2CCC2)CC1)[C@H]1[C@H](c2ccccc2)C1(F)F. The third-order valence-electron chi connectivity index (χ3n) is 5.21. The number of benzene rings is 1. The van der Waals surface area contributed by atoms with Crippen LogP contribution in [0.1, 0.15) is 30.7 Å². The molecule has 1 N–H and O–H groups in total. The van der Waals surface area contributed by atoms with Crippen molar-refractivity contribution in [3.63, 3.8) is 0 Å². The molecule has 118 valence electrons.